The second-order valence-corrected chi connectivity index (χ2v) is 9.06. The third-order valence-corrected chi connectivity index (χ3v) is 5.10. The first-order valence-electron chi connectivity index (χ1n) is 9.82. The zero-order chi connectivity index (χ0) is 22.8. The Morgan fingerprint density at radius 3 is 2.32 bits per heavy atom. The zero-order valence-electron chi connectivity index (χ0n) is 18.1. The van der Waals surface area contributed by atoms with E-state index in [0.29, 0.717) is 11.3 Å². The molecule has 0 saturated carbocycles. The Morgan fingerprint density at radius 2 is 1.77 bits per heavy atom. The predicted octanol–water partition coefficient (Wildman–Crippen LogP) is 4.60. The van der Waals surface area contributed by atoms with Gasteiger partial charge in [0.15, 0.2) is 5.69 Å². The minimum absolute atomic E-state index is 0.139. The molecule has 0 aliphatic carbocycles. The Labute approximate surface area is 185 Å². The van der Waals surface area contributed by atoms with Crippen molar-refractivity contribution in [2.45, 2.75) is 46.2 Å². The summed E-state index contributed by atoms with van der Waals surface area (Å²) < 4.78 is 17.4. The zero-order valence-corrected chi connectivity index (χ0v) is 19.0. The average Bonchev–Trinajstić information content (AvgIpc) is 3.21. The van der Waals surface area contributed by atoms with Crippen LogP contribution in [0.3, 0.4) is 0 Å². The normalized spacial score (nSPS) is 12.3. The lowest BCUT2D eigenvalue weighted by atomic mass is 9.99. The van der Waals surface area contributed by atoms with Gasteiger partial charge in [-0.15, -0.1) is 5.10 Å². The lowest BCUT2D eigenvalue weighted by Crippen LogP contribution is -2.49. The quantitative estimate of drug-likeness (QED) is 0.629. The number of benzene rings is 2. The number of aryl methyl sites for hydroxylation is 2. The predicted molar refractivity (Wildman–Crippen MR) is 120 cm³/mol. The fourth-order valence-electron chi connectivity index (χ4n) is 3.32. The van der Waals surface area contributed by atoms with E-state index in [4.69, 9.17) is 0 Å². The molecule has 6 nitrogen and oxygen atoms in total. The number of carbonyl (C=O) groups is 2. The maximum Gasteiger partial charge on any atom is 0.280 e. The number of hydrogen-bond donors (Lipinski definition) is 1. The molecule has 0 bridgehead atoms. The topological polar surface area (TPSA) is 75.2 Å². The summed E-state index contributed by atoms with van der Waals surface area (Å²) in [4.78, 5) is 28.5. The van der Waals surface area contributed by atoms with Gasteiger partial charge in [-0.25, -0.2) is 4.39 Å². The molecule has 3 rings (SSSR count). The average molecular weight is 441 g/mol. The van der Waals surface area contributed by atoms with E-state index in [1.807, 2.05) is 52.8 Å². The van der Waals surface area contributed by atoms with Gasteiger partial charge in [0.25, 0.3) is 5.91 Å². The van der Waals surface area contributed by atoms with Gasteiger partial charge in [0, 0.05) is 16.6 Å². The summed E-state index contributed by atoms with van der Waals surface area (Å²) in [7, 11) is 0. The van der Waals surface area contributed by atoms with Crippen LogP contribution in [0.25, 0.3) is 0 Å². The lowest BCUT2D eigenvalue weighted by molar-refractivity contribution is -0.123. The lowest BCUT2D eigenvalue weighted by Gasteiger charge is -2.34. The largest absolute Gasteiger partial charge is 0.349 e. The van der Waals surface area contributed by atoms with Gasteiger partial charge in [-0.05, 0) is 75.5 Å². The van der Waals surface area contributed by atoms with Crippen molar-refractivity contribution in [2.24, 2.45) is 0 Å². The molecular weight excluding hydrogens is 415 g/mol. The monoisotopic (exact) mass is 440 g/mol. The van der Waals surface area contributed by atoms with Crippen molar-refractivity contribution in [3.8, 4) is 0 Å². The molecule has 31 heavy (non-hydrogen) atoms. The van der Waals surface area contributed by atoms with Crippen LogP contribution in [0.5, 0.6) is 0 Å². The summed E-state index contributed by atoms with van der Waals surface area (Å²) in [5.41, 5.74) is 2.52. The van der Waals surface area contributed by atoms with E-state index in [9.17, 15) is 14.0 Å². The van der Waals surface area contributed by atoms with Gasteiger partial charge >= 0.3 is 0 Å². The van der Waals surface area contributed by atoms with Crippen LogP contribution in [-0.2, 0) is 4.79 Å². The van der Waals surface area contributed by atoms with Crippen LogP contribution in [0, 0.1) is 19.7 Å². The maximum atomic E-state index is 13.6. The molecule has 1 aromatic heterocycles. The molecule has 0 spiro atoms. The fraction of sp³-hybridized carbons (Fsp3) is 0.304. The van der Waals surface area contributed by atoms with Gasteiger partial charge in [0.05, 0.1) is 0 Å². The number of anilines is 1. The number of aromatic nitrogens is 2. The second-order valence-electron chi connectivity index (χ2n) is 8.45. The van der Waals surface area contributed by atoms with Gasteiger partial charge in [0.1, 0.15) is 11.9 Å². The van der Waals surface area contributed by atoms with Crippen LogP contribution in [0.2, 0.25) is 0 Å². The minimum atomic E-state index is -1.03. The van der Waals surface area contributed by atoms with Gasteiger partial charge in [0.2, 0.25) is 5.91 Å². The Balaban J connectivity index is 2.21. The molecule has 1 atom stereocenters. The van der Waals surface area contributed by atoms with Gasteiger partial charge < -0.3 is 5.32 Å². The molecule has 1 N–H and O–H groups in total. The van der Waals surface area contributed by atoms with Crippen molar-refractivity contribution in [3.63, 3.8) is 0 Å². The third-order valence-electron chi connectivity index (χ3n) is 4.60. The number of carbonyl (C=O) groups excluding carboxylic acids is 2. The molecular formula is C23H25FN4O2S. The van der Waals surface area contributed by atoms with Crippen LogP contribution in [0.1, 0.15) is 54.0 Å². The van der Waals surface area contributed by atoms with Crippen molar-refractivity contribution in [1.29, 1.82) is 0 Å². The highest BCUT2D eigenvalue weighted by Crippen LogP contribution is 2.33. The molecule has 2 aromatic carbocycles. The van der Waals surface area contributed by atoms with E-state index >= 15 is 0 Å². The van der Waals surface area contributed by atoms with Crippen LogP contribution in [0.4, 0.5) is 10.1 Å². The number of nitrogens with zero attached hydrogens (tertiary/aromatic N) is 3. The van der Waals surface area contributed by atoms with Crippen molar-refractivity contribution in [2.75, 3.05) is 4.90 Å². The summed E-state index contributed by atoms with van der Waals surface area (Å²) in [6.07, 6.45) is 0. The summed E-state index contributed by atoms with van der Waals surface area (Å²) >= 11 is 1.06. The summed E-state index contributed by atoms with van der Waals surface area (Å²) in [6.45, 7) is 9.42. The first-order chi connectivity index (χ1) is 14.6. The number of hydrogen-bond acceptors (Lipinski definition) is 5. The van der Waals surface area contributed by atoms with Crippen molar-refractivity contribution < 1.29 is 14.0 Å². The number of nitrogens with one attached hydrogen (secondary N) is 1. The molecule has 0 unspecified atom stereocenters. The van der Waals surface area contributed by atoms with Crippen LogP contribution in [0.15, 0.2) is 47.8 Å². The molecule has 0 fully saturated rings. The molecule has 2 amide bonds. The number of rotatable bonds is 5. The van der Waals surface area contributed by atoms with E-state index in [-0.39, 0.29) is 11.6 Å². The molecule has 162 valence electrons. The molecule has 3 aromatic rings. The summed E-state index contributed by atoms with van der Waals surface area (Å²) in [5, 5.41) is 8.42. The van der Waals surface area contributed by atoms with Crippen molar-refractivity contribution in [3.05, 3.63) is 76.0 Å². The second kappa shape index (κ2) is 8.93. The summed E-state index contributed by atoms with van der Waals surface area (Å²) in [6, 6.07) is 10.2. The molecule has 0 saturated heterocycles. The van der Waals surface area contributed by atoms with E-state index in [1.165, 1.54) is 29.2 Å². The van der Waals surface area contributed by atoms with Crippen molar-refractivity contribution >= 4 is 29.0 Å². The molecule has 1 heterocycles. The standard InChI is InChI=1S/C23H25FN4O2S/c1-14-6-11-19(15(2)12-14)28(22(30)18-13-31-27-26-18)20(21(29)25-23(3,4)5)16-7-9-17(24)10-8-16/h6-13,20H,1-5H3,(H,25,29)/t20-/m1/s1. The van der Waals surface area contributed by atoms with Gasteiger partial charge in [-0.1, -0.05) is 34.3 Å². The third kappa shape index (κ3) is 5.32. The first kappa shape index (κ1) is 22.6. The molecule has 0 radical (unpaired) electrons. The van der Waals surface area contributed by atoms with Gasteiger partial charge in [-0.3, -0.25) is 14.5 Å². The smallest absolute Gasteiger partial charge is 0.280 e. The van der Waals surface area contributed by atoms with E-state index in [2.05, 4.69) is 14.9 Å². The van der Waals surface area contributed by atoms with Crippen molar-refractivity contribution in [1.82, 2.24) is 14.9 Å². The first-order valence-corrected chi connectivity index (χ1v) is 10.7. The minimum Gasteiger partial charge on any atom is -0.349 e. The molecule has 8 heteroatoms. The number of amides is 2. The highest BCUT2D eigenvalue weighted by molar-refractivity contribution is 7.03. The highest BCUT2D eigenvalue weighted by Gasteiger charge is 2.36. The SMILES string of the molecule is Cc1ccc(N(C(=O)c2csnn2)[C@@H](C(=O)NC(C)(C)C)c2ccc(F)cc2)c(C)c1. The highest BCUT2D eigenvalue weighted by atomic mass is 32.1. The Morgan fingerprint density at radius 1 is 1.10 bits per heavy atom. The van der Waals surface area contributed by atoms with Gasteiger partial charge in [-0.2, -0.15) is 0 Å². The number of halogens is 1. The Bertz CT molecular complexity index is 1080. The Kier molecular flexibility index (Phi) is 6.50. The van der Waals surface area contributed by atoms with E-state index < -0.39 is 23.3 Å². The van der Waals surface area contributed by atoms with E-state index in [0.717, 1.165) is 22.7 Å². The Hall–Kier alpha value is -3.13. The van der Waals surface area contributed by atoms with Crippen LogP contribution in [-0.4, -0.2) is 26.9 Å². The maximum absolute atomic E-state index is 13.6. The fourth-order valence-corrected chi connectivity index (χ4v) is 3.75. The molecule has 0 aliphatic heterocycles. The van der Waals surface area contributed by atoms with Crippen LogP contribution < -0.4 is 10.2 Å². The van der Waals surface area contributed by atoms with E-state index in [1.54, 1.807) is 5.38 Å². The molecule has 0 aliphatic rings. The van der Waals surface area contributed by atoms with Crippen LogP contribution >= 0.6 is 11.5 Å². The summed E-state index contributed by atoms with van der Waals surface area (Å²) in [5.74, 6) is -1.26.